The number of phenolic OH excluding ortho intramolecular Hbond substituents is 1. The Kier molecular flexibility index (Phi) is 5.36. The zero-order valence-corrected chi connectivity index (χ0v) is 11.5. The monoisotopic (exact) mass is 290 g/mol. The van der Waals surface area contributed by atoms with Gasteiger partial charge in [-0.1, -0.05) is 35.9 Å². The highest BCUT2D eigenvalue weighted by Crippen LogP contribution is 2.33. The van der Waals surface area contributed by atoms with Crippen LogP contribution in [0.4, 0.5) is 11.4 Å². The summed E-state index contributed by atoms with van der Waals surface area (Å²) in [5, 5.41) is 29.9. The minimum Gasteiger partial charge on any atom is -0.502 e. The van der Waals surface area contributed by atoms with Gasteiger partial charge in [0.1, 0.15) is 0 Å². The molecule has 0 unspecified atom stereocenters. The van der Waals surface area contributed by atoms with Crippen molar-refractivity contribution in [2.45, 2.75) is 13.8 Å². The first-order chi connectivity index (χ1) is 9.82. The number of phenols is 1. The second-order valence-electron chi connectivity index (χ2n) is 4.30. The molecule has 0 aliphatic carbocycles. The topological polar surface area (TPSA) is 107 Å². The van der Waals surface area contributed by atoms with Gasteiger partial charge in [-0.15, -0.1) is 0 Å². The third kappa shape index (κ3) is 4.57. The van der Waals surface area contributed by atoms with E-state index in [-0.39, 0.29) is 5.56 Å². The quantitative estimate of drug-likeness (QED) is 0.672. The van der Waals surface area contributed by atoms with Gasteiger partial charge < -0.3 is 5.11 Å². The molecule has 0 aromatic heterocycles. The summed E-state index contributed by atoms with van der Waals surface area (Å²) in [6, 6.07) is 12.1. The van der Waals surface area contributed by atoms with Crippen LogP contribution in [0.15, 0.2) is 42.5 Å². The van der Waals surface area contributed by atoms with Crippen molar-refractivity contribution in [1.29, 1.82) is 0 Å². The van der Waals surface area contributed by atoms with Gasteiger partial charge in [-0.2, -0.15) is 0 Å². The van der Waals surface area contributed by atoms with Crippen LogP contribution in [0.3, 0.4) is 0 Å². The lowest BCUT2D eigenvalue weighted by atomic mass is 10.1. The molecule has 0 bridgehead atoms. The van der Waals surface area contributed by atoms with E-state index in [1.165, 1.54) is 12.5 Å². The van der Waals surface area contributed by atoms with E-state index in [2.05, 4.69) is 19.1 Å². The molecule has 0 radical (unpaired) electrons. The number of hydrogen-bond donors (Lipinski definition) is 1. The van der Waals surface area contributed by atoms with Crippen molar-refractivity contribution >= 4 is 11.4 Å². The maximum atomic E-state index is 10.4. The first-order valence-electron chi connectivity index (χ1n) is 5.97. The van der Waals surface area contributed by atoms with Crippen molar-refractivity contribution in [2.75, 3.05) is 0 Å². The lowest BCUT2D eigenvalue weighted by molar-refractivity contribution is -0.394. The molecule has 0 spiro atoms. The van der Waals surface area contributed by atoms with Crippen molar-refractivity contribution in [1.82, 2.24) is 0 Å². The largest absolute Gasteiger partial charge is 0.502 e. The average molecular weight is 290 g/mol. The van der Waals surface area contributed by atoms with E-state index in [1.807, 2.05) is 18.2 Å². The summed E-state index contributed by atoms with van der Waals surface area (Å²) in [5.74, 6) is -0.541. The van der Waals surface area contributed by atoms with Gasteiger partial charge in [0, 0.05) is 11.6 Å². The van der Waals surface area contributed by atoms with E-state index in [4.69, 9.17) is 0 Å². The average Bonchev–Trinajstić information content (AvgIpc) is 2.42. The Hall–Kier alpha value is -2.96. The van der Waals surface area contributed by atoms with Gasteiger partial charge in [0.05, 0.1) is 15.9 Å². The van der Waals surface area contributed by atoms with E-state index in [1.54, 1.807) is 0 Å². The number of aryl methyl sites for hydroxylation is 2. The second kappa shape index (κ2) is 6.99. The summed E-state index contributed by atoms with van der Waals surface area (Å²) < 4.78 is 0. The molecule has 110 valence electrons. The molecule has 7 heteroatoms. The molecule has 0 saturated carbocycles. The van der Waals surface area contributed by atoms with E-state index in [0.29, 0.717) is 0 Å². The van der Waals surface area contributed by atoms with Gasteiger partial charge in [-0.25, -0.2) is 0 Å². The number of nitro groups is 2. The number of nitrogens with zero attached hydrogens (tertiary/aromatic N) is 2. The van der Waals surface area contributed by atoms with Crippen LogP contribution < -0.4 is 0 Å². The fourth-order valence-corrected chi connectivity index (χ4v) is 1.52. The number of nitro benzene ring substituents is 2. The maximum Gasteiger partial charge on any atom is 0.317 e. The number of aromatic hydroxyl groups is 1. The van der Waals surface area contributed by atoms with Crippen LogP contribution in [-0.2, 0) is 0 Å². The lowest BCUT2D eigenvalue weighted by Gasteiger charge is -1.99. The first-order valence-corrected chi connectivity index (χ1v) is 5.97. The van der Waals surface area contributed by atoms with Crippen LogP contribution in [0, 0.1) is 34.1 Å². The predicted octanol–water partition coefficient (Wildman–Crippen LogP) is 3.51. The highest BCUT2D eigenvalue weighted by Gasteiger charge is 2.21. The maximum absolute atomic E-state index is 10.4. The van der Waals surface area contributed by atoms with E-state index in [0.717, 1.165) is 12.1 Å². The van der Waals surface area contributed by atoms with Gasteiger partial charge in [-0.05, 0) is 13.8 Å². The molecule has 0 aliphatic rings. The normalized spacial score (nSPS) is 9.43. The first kappa shape index (κ1) is 16.1. The fourth-order valence-electron chi connectivity index (χ4n) is 1.52. The van der Waals surface area contributed by atoms with Crippen LogP contribution >= 0.6 is 0 Å². The summed E-state index contributed by atoms with van der Waals surface area (Å²) >= 11 is 0. The van der Waals surface area contributed by atoms with Gasteiger partial charge in [0.2, 0.25) is 0 Å². The molecule has 7 nitrogen and oxygen atoms in total. The lowest BCUT2D eigenvalue weighted by Crippen LogP contribution is -1.94. The van der Waals surface area contributed by atoms with Crippen LogP contribution in [0.1, 0.15) is 11.1 Å². The smallest absolute Gasteiger partial charge is 0.317 e. The Morgan fingerprint density at radius 2 is 1.52 bits per heavy atom. The van der Waals surface area contributed by atoms with Crippen molar-refractivity contribution in [2.24, 2.45) is 0 Å². The summed E-state index contributed by atoms with van der Waals surface area (Å²) in [6.07, 6.45) is 0. The van der Waals surface area contributed by atoms with Gasteiger partial charge in [0.15, 0.2) is 5.75 Å². The summed E-state index contributed by atoms with van der Waals surface area (Å²) in [6.45, 7) is 3.44. The van der Waals surface area contributed by atoms with Crippen LogP contribution in [-0.4, -0.2) is 15.0 Å². The predicted molar refractivity (Wildman–Crippen MR) is 77.3 cm³/mol. The highest BCUT2D eigenvalue weighted by molar-refractivity contribution is 5.57. The fraction of sp³-hybridized carbons (Fsp3) is 0.143. The molecule has 0 aliphatic heterocycles. The summed E-state index contributed by atoms with van der Waals surface area (Å²) in [7, 11) is 0. The molecule has 0 heterocycles. The molecule has 2 aromatic carbocycles. The Labute approximate surface area is 120 Å². The number of hydrogen-bond acceptors (Lipinski definition) is 5. The van der Waals surface area contributed by atoms with Crippen LogP contribution in [0.25, 0.3) is 0 Å². The number of benzene rings is 2. The molecule has 2 aromatic rings. The SMILES string of the molecule is Cc1cc([N+](=O)[O-])cc([N+](=O)[O-])c1O.Cc1ccccc1. The van der Waals surface area contributed by atoms with Crippen molar-refractivity contribution in [3.8, 4) is 5.75 Å². The summed E-state index contributed by atoms with van der Waals surface area (Å²) in [5.41, 5.74) is 0.358. The zero-order chi connectivity index (χ0) is 16.0. The van der Waals surface area contributed by atoms with Crippen molar-refractivity contribution < 1.29 is 15.0 Å². The van der Waals surface area contributed by atoms with Crippen LogP contribution in [0.2, 0.25) is 0 Å². The molecule has 1 N–H and O–H groups in total. The summed E-state index contributed by atoms with van der Waals surface area (Å²) in [4.78, 5) is 19.1. The van der Waals surface area contributed by atoms with Gasteiger partial charge >= 0.3 is 5.69 Å². The molecule has 0 fully saturated rings. The molecule has 0 saturated heterocycles. The van der Waals surface area contributed by atoms with Gasteiger partial charge in [-0.3, -0.25) is 20.2 Å². The van der Waals surface area contributed by atoms with E-state index in [9.17, 15) is 25.3 Å². The molecule has 0 atom stereocenters. The second-order valence-corrected chi connectivity index (χ2v) is 4.30. The Morgan fingerprint density at radius 1 is 0.952 bits per heavy atom. The van der Waals surface area contributed by atoms with E-state index >= 15 is 0 Å². The van der Waals surface area contributed by atoms with E-state index < -0.39 is 27.0 Å². The number of rotatable bonds is 2. The minimum atomic E-state index is -0.866. The van der Waals surface area contributed by atoms with Crippen molar-refractivity contribution in [3.63, 3.8) is 0 Å². The standard InChI is InChI=1S/C7H6N2O5.C7H8/c1-4-2-5(8(11)12)3-6(7(4)10)9(13)14;1-7-5-3-2-4-6-7/h2-3,10H,1H3;2-6H,1H3. The Morgan fingerprint density at radius 3 is 1.90 bits per heavy atom. The third-order valence-electron chi connectivity index (χ3n) is 2.61. The molecule has 2 rings (SSSR count). The van der Waals surface area contributed by atoms with Crippen molar-refractivity contribution in [3.05, 3.63) is 73.8 Å². The van der Waals surface area contributed by atoms with Gasteiger partial charge in [0.25, 0.3) is 5.69 Å². The molecular formula is C14H14N2O5. The third-order valence-corrected chi connectivity index (χ3v) is 2.61. The Balaban J connectivity index is 0.000000262. The molecular weight excluding hydrogens is 276 g/mol. The molecule has 0 amide bonds. The highest BCUT2D eigenvalue weighted by atomic mass is 16.6. The molecule has 21 heavy (non-hydrogen) atoms. The zero-order valence-electron chi connectivity index (χ0n) is 11.5. The number of non-ortho nitro benzene ring substituents is 1. The minimum absolute atomic E-state index is 0.103. The Bertz CT molecular complexity index is 656. The van der Waals surface area contributed by atoms with Crippen LogP contribution in [0.5, 0.6) is 5.75 Å².